The van der Waals surface area contributed by atoms with Gasteiger partial charge in [-0.1, -0.05) is 12.1 Å². The van der Waals surface area contributed by atoms with Gasteiger partial charge in [-0.2, -0.15) is 0 Å². The number of hydrogen-bond donors (Lipinski definition) is 1. The van der Waals surface area contributed by atoms with Gasteiger partial charge in [0.15, 0.2) is 0 Å². The second-order valence-electron chi connectivity index (χ2n) is 3.58. The Balaban J connectivity index is 2.13. The Labute approximate surface area is 83.8 Å². The fourth-order valence-corrected chi connectivity index (χ4v) is 1.36. The molecule has 2 N–H and O–H groups in total. The van der Waals surface area contributed by atoms with Crippen LogP contribution in [0.3, 0.4) is 0 Å². The molecule has 1 saturated heterocycles. The zero-order chi connectivity index (χ0) is 9.97. The predicted molar refractivity (Wildman–Crippen MR) is 54.3 cm³/mol. The van der Waals surface area contributed by atoms with Crippen LogP contribution in [0.5, 0.6) is 5.75 Å². The maximum absolute atomic E-state index is 5.74. The monoisotopic (exact) mass is 193 g/mol. The molecule has 3 nitrogen and oxygen atoms in total. The summed E-state index contributed by atoms with van der Waals surface area (Å²) in [7, 11) is 0. The lowest BCUT2D eigenvalue weighted by atomic mass is 10.1. The zero-order valence-corrected chi connectivity index (χ0v) is 8.32. The molecule has 14 heavy (non-hydrogen) atoms. The number of benzene rings is 1. The van der Waals surface area contributed by atoms with Crippen molar-refractivity contribution in [1.29, 1.82) is 0 Å². The van der Waals surface area contributed by atoms with Crippen molar-refractivity contribution >= 4 is 0 Å². The van der Waals surface area contributed by atoms with E-state index in [4.69, 9.17) is 15.2 Å². The van der Waals surface area contributed by atoms with Crippen molar-refractivity contribution in [3.63, 3.8) is 0 Å². The molecule has 1 aromatic rings. The highest BCUT2D eigenvalue weighted by Gasteiger charge is 2.20. The average molecular weight is 193 g/mol. The maximum Gasteiger partial charge on any atom is 0.145 e. The smallest absolute Gasteiger partial charge is 0.145 e. The van der Waals surface area contributed by atoms with Crippen LogP contribution in [-0.2, 0) is 11.3 Å². The van der Waals surface area contributed by atoms with Crippen molar-refractivity contribution in [2.24, 2.45) is 5.73 Å². The van der Waals surface area contributed by atoms with Crippen LogP contribution in [0.4, 0.5) is 0 Å². The minimum Gasteiger partial charge on any atom is -0.485 e. The number of ether oxygens (including phenoxy) is 2. The van der Waals surface area contributed by atoms with Crippen molar-refractivity contribution in [2.45, 2.75) is 19.6 Å². The van der Waals surface area contributed by atoms with E-state index in [-0.39, 0.29) is 6.10 Å². The Morgan fingerprint density at radius 1 is 1.50 bits per heavy atom. The summed E-state index contributed by atoms with van der Waals surface area (Å²) in [6.07, 6.45) is 0.224. The van der Waals surface area contributed by atoms with E-state index >= 15 is 0 Å². The van der Waals surface area contributed by atoms with Crippen molar-refractivity contribution in [3.05, 3.63) is 29.3 Å². The van der Waals surface area contributed by atoms with E-state index in [0.717, 1.165) is 16.9 Å². The van der Waals surface area contributed by atoms with Crippen LogP contribution in [0.1, 0.15) is 11.1 Å². The largest absolute Gasteiger partial charge is 0.485 e. The van der Waals surface area contributed by atoms with Crippen molar-refractivity contribution in [1.82, 2.24) is 0 Å². The van der Waals surface area contributed by atoms with Gasteiger partial charge >= 0.3 is 0 Å². The van der Waals surface area contributed by atoms with E-state index in [9.17, 15) is 0 Å². The Bertz CT molecular complexity index is 321. The molecule has 1 aliphatic rings. The molecule has 1 aliphatic heterocycles. The second kappa shape index (κ2) is 3.98. The van der Waals surface area contributed by atoms with Crippen LogP contribution in [0, 0.1) is 6.92 Å². The fourth-order valence-electron chi connectivity index (χ4n) is 1.36. The van der Waals surface area contributed by atoms with Gasteiger partial charge in [0.05, 0.1) is 13.2 Å². The lowest BCUT2D eigenvalue weighted by Crippen LogP contribution is -2.38. The topological polar surface area (TPSA) is 44.5 Å². The maximum atomic E-state index is 5.74. The van der Waals surface area contributed by atoms with E-state index in [1.165, 1.54) is 0 Å². The highest BCUT2D eigenvalue weighted by atomic mass is 16.6. The van der Waals surface area contributed by atoms with Crippen LogP contribution in [0.2, 0.25) is 0 Å². The summed E-state index contributed by atoms with van der Waals surface area (Å²) in [6, 6.07) is 6.07. The molecule has 0 aliphatic carbocycles. The predicted octanol–water partition coefficient (Wildman–Crippen LogP) is 1.23. The molecule has 0 unspecified atom stereocenters. The zero-order valence-electron chi connectivity index (χ0n) is 8.32. The van der Waals surface area contributed by atoms with Gasteiger partial charge in [0.1, 0.15) is 11.9 Å². The quantitative estimate of drug-likeness (QED) is 0.785. The van der Waals surface area contributed by atoms with Gasteiger partial charge in [0.2, 0.25) is 0 Å². The van der Waals surface area contributed by atoms with Gasteiger partial charge in [-0.15, -0.1) is 0 Å². The number of hydrogen-bond acceptors (Lipinski definition) is 3. The fraction of sp³-hybridized carbons (Fsp3) is 0.455. The normalized spacial score (nSPS) is 16.4. The minimum atomic E-state index is 0.224. The summed E-state index contributed by atoms with van der Waals surface area (Å²) in [5.74, 6) is 0.932. The average Bonchev–Trinajstić information content (AvgIpc) is 2.14. The van der Waals surface area contributed by atoms with Crippen LogP contribution >= 0.6 is 0 Å². The lowest BCUT2D eigenvalue weighted by Gasteiger charge is -2.27. The summed E-state index contributed by atoms with van der Waals surface area (Å²) in [5, 5.41) is 0. The minimum absolute atomic E-state index is 0.224. The molecule has 0 bridgehead atoms. The van der Waals surface area contributed by atoms with Gasteiger partial charge < -0.3 is 15.2 Å². The summed E-state index contributed by atoms with van der Waals surface area (Å²) < 4.78 is 10.8. The Kier molecular flexibility index (Phi) is 2.70. The third-order valence-corrected chi connectivity index (χ3v) is 2.39. The molecule has 1 fully saturated rings. The summed E-state index contributed by atoms with van der Waals surface area (Å²) in [4.78, 5) is 0. The number of rotatable bonds is 3. The summed E-state index contributed by atoms with van der Waals surface area (Å²) in [6.45, 7) is 3.99. The molecule has 0 aromatic heterocycles. The summed E-state index contributed by atoms with van der Waals surface area (Å²) in [5.41, 5.74) is 7.82. The molecule has 0 amide bonds. The third kappa shape index (κ3) is 1.89. The van der Waals surface area contributed by atoms with E-state index in [1.54, 1.807) is 0 Å². The first-order valence-electron chi connectivity index (χ1n) is 4.83. The first kappa shape index (κ1) is 9.49. The van der Waals surface area contributed by atoms with Crippen LogP contribution in [0.15, 0.2) is 18.2 Å². The first-order valence-corrected chi connectivity index (χ1v) is 4.83. The van der Waals surface area contributed by atoms with Gasteiger partial charge in [-0.05, 0) is 24.1 Å². The Hall–Kier alpha value is -1.06. The van der Waals surface area contributed by atoms with E-state index < -0.39 is 0 Å². The molecule has 3 heteroatoms. The molecular formula is C11H15NO2. The van der Waals surface area contributed by atoms with Gasteiger partial charge in [-0.25, -0.2) is 0 Å². The highest BCUT2D eigenvalue weighted by molar-refractivity contribution is 5.36. The molecule has 0 radical (unpaired) electrons. The second-order valence-corrected chi connectivity index (χ2v) is 3.58. The number of aryl methyl sites for hydroxylation is 1. The van der Waals surface area contributed by atoms with Gasteiger partial charge in [-0.3, -0.25) is 0 Å². The van der Waals surface area contributed by atoms with Crippen LogP contribution < -0.4 is 10.5 Å². The van der Waals surface area contributed by atoms with E-state index in [2.05, 4.69) is 0 Å². The molecule has 76 valence electrons. The Morgan fingerprint density at radius 2 is 2.29 bits per heavy atom. The third-order valence-electron chi connectivity index (χ3n) is 2.39. The standard InChI is InChI=1S/C11H15NO2/c1-8-2-3-9(5-12)4-11(8)14-10-6-13-7-10/h2-4,10H,5-7,12H2,1H3. The van der Waals surface area contributed by atoms with E-state index in [0.29, 0.717) is 19.8 Å². The van der Waals surface area contributed by atoms with Crippen LogP contribution in [0.25, 0.3) is 0 Å². The van der Waals surface area contributed by atoms with E-state index in [1.807, 2.05) is 25.1 Å². The molecule has 0 spiro atoms. The molecular weight excluding hydrogens is 178 g/mol. The van der Waals surface area contributed by atoms with Gasteiger partial charge in [0, 0.05) is 6.54 Å². The molecule has 1 heterocycles. The Morgan fingerprint density at radius 3 is 2.86 bits per heavy atom. The first-order chi connectivity index (χ1) is 6.79. The molecule has 0 atom stereocenters. The SMILES string of the molecule is Cc1ccc(CN)cc1OC1COC1. The van der Waals surface area contributed by atoms with Crippen LogP contribution in [-0.4, -0.2) is 19.3 Å². The molecule has 2 rings (SSSR count). The van der Waals surface area contributed by atoms with Crippen molar-refractivity contribution in [3.8, 4) is 5.75 Å². The molecule has 1 aromatic carbocycles. The van der Waals surface area contributed by atoms with Crippen molar-refractivity contribution in [2.75, 3.05) is 13.2 Å². The summed E-state index contributed by atoms with van der Waals surface area (Å²) >= 11 is 0. The van der Waals surface area contributed by atoms with Gasteiger partial charge in [0.25, 0.3) is 0 Å². The molecule has 0 saturated carbocycles. The lowest BCUT2D eigenvalue weighted by molar-refractivity contribution is -0.0799. The number of nitrogens with two attached hydrogens (primary N) is 1. The highest BCUT2D eigenvalue weighted by Crippen LogP contribution is 2.22. The van der Waals surface area contributed by atoms with Crippen molar-refractivity contribution < 1.29 is 9.47 Å².